The van der Waals surface area contributed by atoms with Crippen LogP contribution in [0.15, 0.2) is 28.7 Å². The standard InChI is InChI=1S/C17H26BrNO2/c1-2-3-4-5-6-11-19(12-8-13-20)17(21)15-9-7-10-16(18)14-15/h7,9-10,14,20H,2-6,8,11-13H2,1H3. The van der Waals surface area contributed by atoms with Crippen LogP contribution in [0.5, 0.6) is 0 Å². The first-order valence-corrected chi connectivity index (χ1v) is 8.64. The minimum Gasteiger partial charge on any atom is -0.396 e. The molecule has 0 fully saturated rings. The van der Waals surface area contributed by atoms with Gasteiger partial charge in [0.1, 0.15) is 0 Å². The quantitative estimate of drug-likeness (QED) is 0.637. The summed E-state index contributed by atoms with van der Waals surface area (Å²) in [5.41, 5.74) is 0.705. The van der Waals surface area contributed by atoms with E-state index >= 15 is 0 Å². The van der Waals surface area contributed by atoms with Crippen molar-refractivity contribution in [2.45, 2.75) is 45.4 Å². The normalized spacial score (nSPS) is 10.6. The van der Waals surface area contributed by atoms with E-state index in [1.807, 2.05) is 29.2 Å². The molecule has 118 valence electrons. The van der Waals surface area contributed by atoms with Gasteiger partial charge in [-0.2, -0.15) is 0 Å². The molecule has 1 aromatic carbocycles. The molecule has 0 spiro atoms. The summed E-state index contributed by atoms with van der Waals surface area (Å²) in [5.74, 6) is 0.0558. The Hall–Kier alpha value is -0.870. The Morgan fingerprint density at radius 1 is 1.14 bits per heavy atom. The molecule has 4 heteroatoms. The zero-order chi connectivity index (χ0) is 15.5. The number of amides is 1. The Morgan fingerprint density at radius 3 is 2.52 bits per heavy atom. The van der Waals surface area contributed by atoms with E-state index in [1.54, 1.807) is 0 Å². The molecule has 1 rings (SSSR count). The maximum atomic E-state index is 12.5. The van der Waals surface area contributed by atoms with Gasteiger partial charge in [0.2, 0.25) is 0 Å². The van der Waals surface area contributed by atoms with Gasteiger partial charge in [-0.3, -0.25) is 4.79 Å². The van der Waals surface area contributed by atoms with Crippen molar-refractivity contribution in [1.29, 1.82) is 0 Å². The second-order valence-corrected chi connectivity index (χ2v) is 6.21. The Morgan fingerprint density at radius 2 is 1.86 bits per heavy atom. The first-order chi connectivity index (χ1) is 10.2. The lowest BCUT2D eigenvalue weighted by Crippen LogP contribution is -2.33. The maximum Gasteiger partial charge on any atom is 0.253 e. The minimum atomic E-state index is 0.0558. The summed E-state index contributed by atoms with van der Waals surface area (Å²) in [6.07, 6.45) is 6.55. The summed E-state index contributed by atoms with van der Waals surface area (Å²) >= 11 is 3.40. The summed E-state index contributed by atoms with van der Waals surface area (Å²) < 4.78 is 0.915. The van der Waals surface area contributed by atoms with Crippen LogP contribution in [0.4, 0.5) is 0 Å². The fourth-order valence-corrected chi connectivity index (χ4v) is 2.69. The molecule has 0 saturated carbocycles. The number of hydrogen-bond acceptors (Lipinski definition) is 2. The van der Waals surface area contributed by atoms with Crippen LogP contribution in [0.2, 0.25) is 0 Å². The average Bonchev–Trinajstić information content (AvgIpc) is 2.49. The highest BCUT2D eigenvalue weighted by Gasteiger charge is 2.15. The number of nitrogens with zero attached hydrogens (tertiary/aromatic N) is 1. The smallest absolute Gasteiger partial charge is 0.253 e. The van der Waals surface area contributed by atoms with Crippen LogP contribution >= 0.6 is 15.9 Å². The molecule has 3 nitrogen and oxygen atoms in total. The monoisotopic (exact) mass is 355 g/mol. The van der Waals surface area contributed by atoms with E-state index in [1.165, 1.54) is 19.3 Å². The molecule has 0 aliphatic heterocycles. The Labute approximate surface area is 136 Å². The van der Waals surface area contributed by atoms with E-state index in [9.17, 15) is 4.79 Å². The molecular weight excluding hydrogens is 330 g/mol. The molecule has 0 atom stereocenters. The number of hydrogen-bond donors (Lipinski definition) is 1. The number of benzene rings is 1. The zero-order valence-electron chi connectivity index (χ0n) is 12.9. The van der Waals surface area contributed by atoms with Gasteiger partial charge in [0.25, 0.3) is 5.91 Å². The van der Waals surface area contributed by atoms with Crippen molar-refractivity contribution >= 4 is 21.8 Å². The van der Waals surface area contributed by atoms with Gasteiger partial charge in [-0.15, -0.1) is 0 Å². The fraction of sp³-hybridized carbons (Fsp3) is 0.588. The van der Waals surface area contributed by atoms with Crippen molar-refractivity contribution in [3.8, 4) is 0 Å². The molecule has 21 heavy (non-hydrogen) atoms. The van der Waals surface area contributed by atoms with E-state index in [-0.39, 0.29) is 12.5 Å². The lowest BCUT2D eigenvalue weighted by Gasteiger charge is -2.22. The number of unbranched alkanes of at least 4 members (excludes halogenated alkanes) is 4. The molecule has 1 amide bonds. The second kappa shape index (κ2) is 10.8. The predicted octanol–water partition coefficient (Wildman–Crippen LogP) is 4.24. The third-order valence-electron chi connectivity index (χ3n) is 3.48. The Bertz CT molecular complexity index is 423. The molecule has 0 heterocycles. The van der Waals surface area contributed by atoms with E-state index in [0.29, 0.717) is 18.5 Å². The third kappa shape index (κ3) is 7.09. The largest absolute Gasteiger partial charge is 0.396 e. The predicted molar refractivity (Wildman–Crippen MR) is 90.5 cm³/mol. The average molecular weight is 356 g/mol. The summed E-state index contributed by atoms with van der Waals surface area (Å²) in [4.78, 5) is 14.4. The molecule has 0 saturated heterocycles. The number of carbonyl (C=O) groups excluding carboxylic acids is 1. The Kier molecular flexibility index (Phi) is 9.35. The summed E-state index contributed by atoms with van der Waals surface area (Å²) in [6, 6.07) is 7.49. The molecule has 1 N–H and O–H groups in total. The van der Waals surface area contributed by atoms with Crippen LogP contribution in [-0.2, 0) is 0 Å². The second-order valence-electron chi connectivity index (χ2n) is 5.29. The van der Waals surface area contributed by atoms with Crippen molar-refractivity contribution in [2.75, 3.05) is 19.7 Å². The minimum absolute atomic E-state index is 0.0558. The van der Waals surface area contributed by atoms with Crippen molar-refractivity contribution in [1.82, 2.24) is 4.90 Å². The molecule has 0 aliphatic rings. The van der Waals surface area contributed by atoms with Crippen LogP contribution in [0.25, 0.3) is 0 Å². The van der Waals surface area contributed by atoms with Gasteiger partial charge in [-0.1, -0.05) is 54.6 Å². The van der Waals surface area contributed by atoms with Crippen LogP contribution < -0.4 is 0 Å². The molecule has 0 aliphatic carbocycles. The SMILES string of the molecule is CCCCCCCN(CCCO)C(=O)c1cccc(Br)c1. The van der Waals surface area contributed by atoms with E-state index in [0.717, 1.165) is 23.9 Å². The van der Waals surface area contributed by atoms with Gasteiger partial charge in [0.05, 0.1) is 0 Å². The number of aliphatic hydroxyl groups is 1. The summed E-state index contributed by atoms with van der Waals surface area (Å²) in [5, 5.41) is 9.01. The van der Waals surface area contributed by atoms with E-state index < -0.39 is 0 Å². The molecule has 0 aromatic heterocycles. The molecule has 1 aromatic rings. The lowest BCUT2D eigenvalue weighted by molar-refractivity contribution is 0.0741. The summed E-state index contributed by atoms with van der Waals surface area (Å²) in [6.45, 7) is 3.72. The van der Waals surface area contributed by atoms with Gasteiger partial charge < -0.3 is 10.0 Å². The number of halogens is 1. The number of carbonyl (C=O) groups is 1. The van der Waals surface area contributed by atoms with Gasteiger partial charge >= 0.3 is 0 Å². The molecule has 0 radical (unpaired) electrons. The third-order valence-corrected chi connectivity index (χ3v) is 3.97. The van der Waals surface area contributed by atoms with Gasteiger partial charge in [0.15, 0.2) is 0 Å². The maximum absolute atomic E-state index is 12.5. The zero-order valence-corrected chi connectivity index (χ0v) is 14.4. The molecule has 0 unspecified atom stereocenters. The lowest BCUT2D eigenvalue weighted by atomic mass is 10.1. The first kappa shape index (κ1) is 18.2. The van der Waals surface area contributed by atoms with Crippen LogP contribution in [-0.4, -0.2) is 35.6 Å². The Balaban J connectivity index is 2.56. The first-order valence-electron chi connectivity index (χ1n) is 7.84. The van der Waals surface area contributed by atoms with E-state index in [2.05, 4.69) is 22.9 Å². The van der Waals surface area contributed by atoms with Crippen LogP contribution in [0, 0.1) is 0 Å². The fourth-order valence-electron chi connectivity index (χ4n) is 2.29. The summed E-state index contributed by atoms with van der Waals surface area (Å²) in [7, 11) is 0. The van der Waals surface area contributed by atoms with Crippen molar-refractivity contribution < 1.29 is 9.90 Å². The molecular formula is C17H26BrNO2. The van der Waals surface area contributed by atoms with Gasteiger partial charge in [-0.05, 0) is 31.0 Å². The molecule has 0 bridgehead atoms. The number of aliphatic hydroxyl groups excluding tert-OH is 1. The van der Waals surface area contributed by atoms with Gasteiger partial charge in [-0.25, -0.2) is 0 Å². The highest BCUT2D eigenvalue weighted by Crippen LogP contribution is 2.14. The number of rotatable bonds is 10. The van der Waals surface area contributed by atoms with Crippen molar-refractivity contribution in [3.05, 3.63) is 34.3 Å². The highest BCUT2D eigenvalue weighted by atomic mass is 79.9. The highest BCUT2D eigenvalue weighted by molar-refractivity contribution is 9.10. The van der Waals surface area contributed by atoms with Crippen LogP contribution in [0.3, 0.4) is 0 Å². The topological polar surface area (TPSA) is 40.5 Å². The van der Waals surface area contributed by atoms with Crippen molar-refractivity contribution in [2.24, 2.45) is 0 Å². The van der Waals surface area contributed by atoms with Crippen molar-refractivity contribution in [3.63, 3.8) is 0 Å². The van der Waals surface area contributed by atoms with Crippen LogP contribution in [0.1, 0.15) is 55.8 Å². The van der Waals surface area contributed by atoms with Gasteiger partial charge in [0, 0.05) is 29.7 Å². The van der Waals surface area contributed by atoms with E-state index in [4.69, 9.17) is 5.11 Å².